The average molecular weight is 303 g/mol. The number of alkyl halides is 1. The zero-order valence-electron chi connectivity index (χ0n) is 9.24. The summed E-state index contributed by atoms with van der Waals surface area (Å²) in [5.41, 5.74) is 1.29. The van der Waals surface area contributed by atoms with E-state index in [-0.39, 0.29) is 5.01 Å². The van der Waals surface area contributed by atoms with Gasteiger partial charge in [-0.05, 0) is 30.9 Å². The second-order valence-electron chi connectivity index (χ2n) is 3.69. The third-order valence-electron chi connectivity index (χ3n) is 2.46. The summed E-state index contributed by atoms with van der Waals surface area (Å²) in [6, 6.07) is 6.24. The molecule has 0 saturated heterocycles. The van der Waals surface area contributed by atoms with Crippen molar-refractivity contribution in [2.45, 2.75) is 36.1 Å². The number of para-hydroxylation sites is 1. The maximum absolute atomic E-state index is 5.70. The van der Waals surface area contributed by atoms with Crippen LogP contribution < -0.4 is 4.74 Å². The average Bonchev–Trinajstić information content (AvgIpc) is 2.35. The highest BCUT2D eigenvalue weighted by Gasteiger charge is 2.15. The molecule has 4 heteroatoms. The maximum Gasteiger partial charge on any atom is 0.138 e. The molecule has 88 valence electrons. The number of hydrogen-bond donors (Lipinski definition) is 0. The van der Waals surface area contributed by atoms with Crippen LogP contribution in [-0.4, -0.2) is 11.6 Å². The molecule has 0 radical (unpaired) electrons. The Morgan fingerprint density at radius 2 is 2.44 bits per heavy atom. The minimum atomic E-state index is 0.0944. The lowest BCUT2D eigenvalue weighted by Crippen LogP contribution is -2.09. The molecule has 2 nitrogen and oxygen atoms in total. The number of benzene rings is 1. The first-order chi connectivity index (χ1) is 7.81. The maximum atomic E-state index is 5.70. The molecule has 0 bridgehead atoms. The van der Waals surface area contributed by atoms with Crippen molar-refractivity contribution < 1.29 is 8.92 Å². The lowest BCUT2D eigenvalue weighted by molar-refractivity contribution is 0.279. The highest BCUT2D eigenvalue weighted by atomic mass is 79.9. The zero-order chi connectivity index (χ0) is 11.4. The van der Waals surface area contributed by atoms with E-state index in [2.05, 4.69) is 35.0 Å². The van der Waals surface area contributed by atoms with Crippen molar-refractivity contribution in [1.29, 1.82) is 0 Å². The number of halogens is 1. The van der Waals surface area contributed by atoms with E-state index in [0.717, 1.165) is 36.5 Å². The molecule has 0 fully saturated rings. The van der Waals surface area contributed by atoms with Gasteiger partial charge >= 0.3 is 0 Å². The number of ether oxygens (including phenoxy) is 1. The molecule has 0 aliphatic carbocycles. The SMILES string of the molecule is CCC(Br)OSc1cccc2c1OCCC2. The number of rotatable bonds is 4. The molecule has 0 spiro atoms. The Morgan fingerprint density at radius 3 is 3.25 bits per heavy atom. The van der Waals surface area contributed by atoms with Gasteiger partial charge in [0.25, 0.3) is 0 Å². The van der Waals surface area contributed by atoms with E-state index in [1.807, 2.05) is 6.07 Å². The van der Waals surface area contributed by atoms with E-state index in [9.17, 15) is 0 Å². The summed E-state index contributed by atoms with van der Waals surface area (Å²) < 4.78 is 11.3. The first-order valence-electron chi connectivity index (χ1n) is 5.53. The van der Waals surface area contributed by atoms with Crippen LogP contribution in [0.15, 0.2) is 23.1 Å². The van der Waals surface area contributed by atoms with Crippen molar-refractivity contribution in [2.24, 2.45) is 0 Å². The van der Waals surface area contributed by atoms with E-state index in [1.54, 1.807) is 0 Å². The Labute approximate surface area is 109 Å². The standard InChI is InChI=1S/C12H15BrO2S/c1-2-11(13)15-16-10-7-3-5-9-6-4-8-14-12(9)10/h3,5,7,11H,2,4,6,8H2,1H3. The Balaban J connectivity index is 2.08. The van der Waals surface area contributed by atoms with Crippen molar-refractivity contribution in [3.63, 3.8) is 0 Å². The van der Waals surface area contributed by atoms with E-state index in [0.29, 0.717) is 0 Å². The van der Waals surface area contributed by atoms with Crippen LogP contribution in [0.3, 0.4) is 0 Å². The van der Waals surface area contributed by atoms with E-state index in [4.69, 9.17) is 8.92 Å². The van der Waals surface area contributed by atoms with Gasteiger partial charge in [0.2, 0.25) is 0 Å². The second kappa shape index (κ2) is 5.94. The van der Waals surface area contributed by atoms with Gasteiger partial charge < -0.3 is 4.74 Å². The van der Waals surface area contributed by atoms with E-state index >= 15 is 0 Å². The first kappa shape index (κ1) is 12.3. The topological polar surface area (TPSA) is 18.5 Å². The molecule has 1 aromatic carbocycles. The lowest BCUT2D eigenvalue weighted by atomic mass is 10.1. The number of fused-ring (bicyclic) bond motifs is 1. The molecule has 1 aromatic rings. The van der Waals surface area contributed by atoms with Crippen molar-refractivity contribution in [3.8, 4) is 5.75 Å². The summed E-state index contributed by atoms with van der Waals surface area (Å²) in [7, 11) is 0. The van der Waals surface area contributed by atoms with Crippen LogP contribution in [0.25, 0.3) is 0 Å². The molecule has 2 rings (SSSR count). The third-order valence-corrected chi connectivity index (χ3v) is 4.37. The predicted molar refractivity (Wildman–Crippen MR) is 70.2 cm³/mol. The van der Waals surface area contributed by atoms with Crippen molar-refractivity contribution in [3.05, 3.63) is 23.8 Å². The highest BCUT2D eigenvalue weighted by molar-refractivity contribution is 9.09. The van der Waals surface area contributed by atoms with Gasteiger partial charge in [-0.15, -0.1) is 0 Å². The van der Waals surface area contributed by atoms with Crippen molar-refractivity contribution in [1.82, 2.24) is 0 Å². The molecular weight excluding hydrogens is 288 g/mol. The molecule has 0 aromatic heterocycles. The fraction of sp³-hybridized carbons (Fsp3) is 0.500. The predicted octanol–water partition coefficient (Wildman–Crippen LogP) is 4.17. The summed E-state index contributed by atoms with van der Waals surface area (Å²) in [4.78, 5) is 1.08. The zero-order valence-corrected chi connectivity index (χ0v) is 11.6. The molecule has 0 amide bonds. The third kappa shape index (κ3) is 2.93. The summed E-state index contributed by atoms with van der Waals surface area (Å²) >= 11 is 4.84. The second-order valence-corrected chi connectivity index (χ2v) is 5.51. The van der Waals surface area contributed by atoms with Gasteiger partial charge in [-0.2, -0.15) is 0 Å². The van der Waals surface area contributed by atoms with Crippen LogP contribution in [0.5, 0.6) is 5.75 Å². The molecule has 0 saturated carbocycles. The highest BCUT2D eigenvalue weighted by Crippen LogP contribution is 2.37. The molecular formula is C12H15BrO2S. The fourth-order valence-electron chi connectivity index (χ4n) is 1.60. The molecule has 1 unspecified atom stereocenters. The van der Waals surface area contributed by atoms with Crippen LogP contribution in [0.4, 0.5) is 0 Å². The first-order valence-corrected chi connectivity index (χ1v) is 7.19. The molecule has 1 aliphatic heterocycles. The Bertz CT molecular complexity index is 357. The van der Waals surface area contributed by atoms with Crippen LogP contribution in [0.1, 0.15) is 25.3 Å². The molecule has 1 aliphatic rings. The van der Waals surface area contributed by atoms with Gasteiger partial charge in [-0.1, -0.05) is 35.0 Å². The van der Waals surface area contributed by atoms with Gasteiger partial charge in [-0.3, -0.25) is 4.18 Å². The number of hydrogen-bond acceptors (Lipinski definition) is 3. The van der Waals surface area contributed by atoms with Crippen LogP contribution in [-0.2, 0) is 10.6 Å². The van der Waals surface area contributed by atoms with Crippen LogP contribution >= 0.6 is 28.0 Å². The van der Waals surface area contributed by atoms with Crippen LogP contribution in [0, 0.1) is 0 Å². The van der Waals surface area contributed by atoms with Gasteiger partial charge in [-0.25, -0.2) is 0 Å². The summed E-state index contributed by atoms with van der Waals surface area (Å²) in [5, 5.41) is 0.0944. The normalized spacial score (nSPS) is 16.4. The van der Waals surface area contributed by atoms with Gasteiger partial charge in [0.1, 0.15) is 10.8 Å². The monoisotopic (exact) mass is 302 g/mol. The van der Waals surface area contributed by atoms with E-state index < -0.39 is 0 Å². The van der Waals surface area contributed by atoms with Crippen molar-refractivity contribution in [2.75, 3.05) is 6.61 Å². The summed E-state index contributed by atoms with van der Waals surface area (Å²) in [6.07, 6.45) is 3.16. The minimum absolute atomic E-state index is 0.0944. The summed E-state index contributed by atoms with van der Waals surface area (Å²) in [6.45, 7) is 2.90. The smallest absolute Gasteiger partial charge is 0.138 e. The Kier molecular flexibility index (Phi) is 4.55. The largest absolute Gasteiger partial charge is 0.492 e. The fourth-order valence-corrected chi connectivity index (χ4v) is 2.57. The lowest BCUT2D eigenvalue weighted by Gasteiger charge is -2.20. The van der Waals surface area contributed by atoms with Crippen LogP contribution in [0.2, 0.25) is 0 Å². The molecule has 0 N–H and O–H groups in total. The Hall–Kier alpha value is -0.190. The minimum Gasteiger partial charge on any atom is -0.492 e. The number of aryl methyl sites for hydroxylation is 1. The van der Waals surface area contributed by atoms with E-state index in [1.165, 1.54) is 17.6 Å². The van der Waals surface area contributed by atoms with Gasteiger partial charge in [0.15, 0.2) is 0 Å². The van der Waals surface area contributed by atoms with Gasteiger partial charge in [0, 0.05) is 12.0 Å². The molecule has 1 atom stereocenters. The molecule has 1 heterocycles. The van der Waals surface area contributed by atoms with Crippen molar-refractivity contribution >= 4 is 28.0 Å². The summed E-state index contributed by atoms with van der Waals surface area (Å²) in [5.74, 6) is 1.01. The Morgan fingerprint density at radius 1 is 1.56 bits per heavy atom. The molecule has 16 heavy (non-hydrogen) atoms. The van der Waals surface area contributed by atoms with Gasteiger partial charge in [0.05, 0.1) is 11.5 Å². The quantitative estimate of drug-likeness (QED) is 0.614.